The third-order valence-corrected chi connectivity index (χ3v) is 3.13. The van der Waals surface area contributed by atoms with E-state index in [9.17, 15) is 5.11 Å². The Labute approximate surface area is 114 Å². The lowest BCUT2D eigenvalue weighted by molar-refractivity contribution is 0.167. The number of aliphatic hydroxyl groups excluding tert-OH is 1. The van der Waals surface area contributed by atoms with Crippen LogP contribution in [-0.4, -0.2) is 11.7 Å². The minimum absolute atomic E-state index is 0.420. The van der Waals surface area contributed by atoms with Gasteiger partial charge in [0.2, 0.25) is 0 Å². The van der Waals surface area contributed by atoms with Crippen molar-refractivity contribution >= 4 is 0 Å². The zero-order valence-electron chi connectivity index (χ0n) is 11.3. The van der Waals surface area contributed by atoms with E-state index >= 15 is 0 Å². The summed E-state index contributed by atoms with van der Waals surface area (Å²) < 4.78 is 5.39. The number of rotatable bonds is 6. The monoisotopic (exact) mass is 256 g/mol. The molecule has 0 saturated heterocycles. The van der Waals surface area contributed by atoms with Gasteiger partial charge >= 0.3 is 0 Å². The van der Waals surface area contributed by atoms with E-state index in [0.717, 1.165) is 24.2 Å². The Morgan fingerprint density at radius 1 is 1.00 bits per heavy atom. The molecule has 0 spiro atoms. The van der Waals surface area contributed by atoms with Gasteiger partial charge in [-0.3, -0.25) is 0 Å². The van der Waals surface area contributed by atoms with Crippen LogP contribution in [0.5, 0.6) is 5.75 Å². The Hall–Kier alpha value is -1.80. The molecule has 0 bridgehead atoms. The average molecular weight is 256 g/mol. The average Bonchev–Trinajstić information content (AvgIpc) is 2.47. The molecule has 0 saturated carbocycles. The van der Waals surface area contributed by atoms with Crippen LogP contribution in [0.4, 0.5) is 0 Å². The molecule has 19 heavy (non-hydrogen) atoms. The Morgan fingerprint density at radius 2 is 1.68 bits per heavy atom. The fourth-order valence-corrected chi connectivity index (χ4v) is 2.07. The lowest BCUT2D eigenvalue weighted by atomic mass is 10.0. The molecule has 0 heterocycles. The summed E-state index contributed by atoms with van der Waals surface area (Å²) in [5.41, 5.74) is 2.20. The van der Waals surface area contributed by atoms with Gasteiger partial charge in [-0.2, -0.15) is 0 Å². The number of benzene rings is 2. The molecule has 2 heteroatoms. The lowest BCUT2D eigenvalue weighted by Crippen LogP contribution is -2.00. The van der Waals surface area contributed by atoms with Crippen molar-refractivity contribution < 1.29 is 9.84 Å². The molecule has 2 rings (SSSR count). The first-order valence-electron chi connectivity index (χ1n) is 6.74. The van der Waals surface area contributed by atoms with Crippen LogP contribution >= 0.6 is 0 Å². The standard InChI is InChI=1S/C17H20O2/c1-2-19-16-11-9-15(10-12-16)17(18)13-8-14-6-4-3-5-7-14/h3-7,9-12,17-18H,2,8,13H2,1H3. The zero-order chi connectivity index (χ0) is 13.5. The summed E-state index contributed by atoms with van der Waals surface area (Å²) >= 11 is 0. The highest BCUT2D eigenvalue weighted by Crippen LogP contribution is 2.21. The van der Waals surface area contributed by atoms with Gasteiger partial charge in [-0.25, -0.2) is 0 Å². The molecule has 1 N–H and O–H groups in total. The zero-order valence-corrected chi connectivity index (χ0v) is 11.3. The van der Waals surface area contributed by atoms with Gasteiger partial charge in [0.25, 0.3) is 0 Å². The molecule has 1 atom stereocenters. The first-order chi connectivity index (χ1) is 9.29. The van der Waals surface area contributed by atoms with E-state index in [1.165, 1.54) is 5.56 Å². The van der Waals surface area contributed by atoms with Crippen molar-refractivity contribution in [2.75, 3.05) is 6.61 Å². The normalized spacial score (nSPS) is 12.1. The molecular formula is C17H20O2. The van der Waals surface area contributed by atoms with Crippen LogP contribution in [0.25, 0.3) is 0 Å². The number of aryl methyl sites for hydroxylation is 1. The molecule has 0 amide bonds. The van der Waals surface area contributed by atoms with Gasteiger partial charge in [-0.1, -0.05) is 42.5 Å². The Kier molecular flexibility index (Phi) is 4.99. The van der Waals surface area contributed by atoms with Crippen molar-refractivity contribution in [3.8, 4) is 5.75 Å². The predicted octanol–water partition coefficient (Wildman–Crippen LogP) is 3.75. The maximum Gasteiger partial charge on any atom is 0.119 e. The third kappa shape index (κ3) is 4.11. The molecule has 2 aromatic rings. The molecule has 0 aliphatic carbocycles. The van der Waals surface area contributed by atoms with Gasteiger partial charge in [0.1, 0.15) is 5.75 Å². The van der Waals surface area contributed by atoms with E-state index in [0.29, 0.717) is 6.61 Å². The highest BCUT2D eigenvalue weighted by atomic mass is 16.5. The molecule has 0 radical (unpaired) electrons. The molecule has 1 unspecified atom stereocenters. The van der Waals surface area contributed by atoms with Gasteiger partial charge < -0.3 is 9.84 Å². The smallest absolute Gasteiger partial charge is 0.119 e. The highest BCUT2D eigenvalue weighted by Gasteiger charge is 2.07. The second-order valence-corrected chi connectivity index (χ2v) is 4.54. The van der Waals surface area contributed by atoms with Crippen molar-refractivity contribution in [1.29, 1.82) is 0 Å². The summed E-state index contributed by atoms with van der Waals surface area (Å²) in [6, 6.07) is 17.9. The summed E-state index contributed by atoms with van der Waals surface area (Å²) in [5.74, 6) is 0.849. The maximum atomic E-state index is 10.2. The van der Waals surface area contributed by atoms with Crippen LogP contribution in [0.15, 0.2) is 54.6 Å². The van der Waals surface area contributed by atoms with Gasteiger partial charge in [0, 0.05) is 0 Å². The number of ether oxygens (including phenoxy) is 1. The predicted molar refractivity (Wildman–Crippen MR) is 77.3 cm³/mol. The van der Waals surface area contributed by atoms with Crippen molar-refractivity contribution in [3.63, 3.8) is 0 Å². The van der Waals surface area contributed by atoms with Gasteiger partial charge in [-0.05, 0) is 43.0 Å². The minimum atomic E-state index is -0.420. The van der Waals surface area contributed by atoms with Gasteiger partial charge in [-0.15, -0.1) is 0 Å². The van der Waals surface area contributed by atoms with Crippen LogP contribution in [-0.2, 0) is 6.42 Å². The fourth-order valence-electron chi connectivity index (χ4n) is 2.07. The van der Waals surface area contributed by atoms with Crippen LogP contribution in [0.2, 0.25) is 0 Å². The highest BCUT2D eigenvalue weighted by molar-refractivity contribution is 5.28. The lowest BCUT2D eigenvalue weighted by Gasteiger charge is -2.12. The van der Waals surface area contributed by atoms with Crippen molar-refractivity contribution in [3.05, 3.63) is 65.7 Å². The first-order valence-corrected chi connectivity index (χ1v) is 6.74. The molecule has 2 aromatic carbocycles. The van der Waals surface area contributed by atoms with Crippen molar-refractivity contribution in [2.24, 2.45) is 0 Å². The van der Waals surface area contributed by atoms with Crippen LogP contribution < -0.4 is 4.74 Å². The minimum Gasteiger partial charge on any atom is -0.494 e. The van der Waals surface area contributed by atoms with E-state index in [1.54, 1.807) is 0 Å². The molecule has 0 aliphatic heterocycles. The van der Waals surface area contributed by atoms with E-state index in [2.05, 4.69) is 12.1 Å². The summed E-state index contributed by atoms with van der Waals surface area (Å²) in [6.07, 6.45) is 1.20. The fraction of sp³-hybridized carbons (Fsp3) is 0.294. The van der Waals surface area contributed by atoms with Crippen LogP contribution in [0.3, 0.4) is 0 Å². The molecule has 0 aromatic heterocycles. The van der Waals surface area contributed by atoms with E-state index < -0.39 is 6.10 Å². The van der Waals surface area contributed by atoms with Crippen LogP contribution in [0.1, 0.15) is 30.6 Å². The number of aliphatic hydroxyl groups is 1. The summed E-state index contributed by atoms with van der Waals surface area (Å²) in [5, 5.41) is 10.2. The van der Waals surface area contributed by atoms with Crippen LogP contribution in [0, 0.1) is 0 Å². The summed E-state index contributed by atoms with van der Waals surface area (Å²) in [7, 11) is 0. The molecule has 2 nitrogen and oxygen atoms in total. The molecule has 0 aliphatic rings. The van der Waals surface area contributed by atoms with Crippen molar-refractivity contribution in [2.45, 2.75) is 25.9 Å². The van der Waals surface area contributed by atoms with Gasteiger partial charge in [0.15, 0.2) is 0 Å². The quantitative estimate of drug-likeness (QED) is 0.853. The molecular weight excluding hydrogens is 236 g/mol. The third-order valence-electron chi connectivity index (χ3n) is 3.13. The topological polar surface area (TPSA) is 29.5 Å². The summed E-state index contributed by atoms with van der Waals surface area (Å²) in [6.45, 7) is 2.62. The second-order valence-electron chi connectivity index (χ2n) is 4.54. The molecule has 0 fully saturated rings. The molecule has 100 valence electrons. The summed E-state index contributed by atoms with van der Waals surface area (Å²) in [4.78, 5) is 0. The Bertz CT molecular complexity index is 476. The Morgan fingerprint density at radius 3 is 2.32 bits per heavy atom. The first kappa shape index (κ1) is 13.6. The Balaban J connectivity index is 1.90. The number of hydrogen-bond acceptors (Lipinski definition) is 2. The number of hydrogen-bond donors (Lipinski definition) is 1. The maximum absolute atomic E-state index is 10.2. The largest absolute Gasteiger partial charge is 0.494 e. The SMILES string of the molecule is CCOc1ccc(C(O)CCc2ccccc2)cc1. The second kappa shape index (κ2) is 6.95. The van der Waals surface area contributed by atoms with E-state index in [1.807, 2.05) is 49.4 Å². The van der Waals surface area contributed by atoms with Crippen molar-refractivity contribution in [1.82, 2.24) is 0 Å². The van der Waals surface area contributed by atoms with E-state index in [4.69, 9.17) is 4.74 Å². The van der Waals surface area contributed by atoms with E-state index in [-0.39, 0.29) is 0 Å². The van der Waals surface area contributed by atoms with Gasteiger partial charge in [0.05, 0.1) is 12.7 Å².